The Morgan fingerprint density at radius 2 is 2.73 bits per heavy atom. The average Bonchev–Trinajstić information content (AvgIpc) is 2.52. The summed E-state index contributed by atoms with van der Waals surface area (Å²) in [5, 5.41) is 2.81. The maximum Gasteiger partial charge on any atom is 0.217 e. The van der Waals surface area contributed by atoms with Gasteiger partial charge in [0.15, 0.2) is 0 Å². The van der Waals surface area contributed by atoms with Crippen molar-refractivity contribution in [2.24, 2.45) is 0 Å². The van der Waals surface area contributed by atoms with E-state index in [0.29, 0.717) is 6.42 Å². The molecule has 1 heterocycles. The lowest BCUT2D eigenvalue weighted by molar-refractivity contribution is 0.525. The zero-order valence-corrected chi connectivity index (χ0v) is 6.29. The van der Waals surface area contributed by atoms with Gasteiger partial charge in [-0.15, -0.1) is 0 Å². The number of aromatic amines is 1. The maximum atomic E-state index is 10.2. The molecule has 0 bridgehead atoms. The van der Waals surface area contributed by atoms with Gasteiger partial charge in [0.1, 0.15) is 0 Å². The van der Waals surface area contributed by atoms with Gasteiger partial charge in [-0.05, 0) is 7.05 Å². The maximum absolute atomic E-state index is 10.2. The van der Waals surface area contributed by atoms with Crippen molar-refractivity contribution in [3.8, 4) is 0 Å². The molecule has 0 saturated heterocycles. The number of likely N-dealkylation sites (N-methyl/N-ethyl adjacent to an activating group) is 1. The van der Waals surface area contributed by atoms with Gasteiger partial charge in [-0.1, -0.05) is 0 Å². The van der Waals surface area contributed by atoms with Crippen LogP contribution in [0.3, 0.4) is 0 Å². The summed E-state index contributed by atoms with van der Waals surface area (Å²) in [6.07, 6.45) is 5.82. The van der Waals surface area contributed by atoms with Gasteiger partial charge in [0, 0.05) is 12.6 Å². The minimum absolute atomic E-state index is 0.252. The molecule has 0 fully saturated rings. The van der Waals surface area contributed by atoms with E-state index >= 15 is 0 Å². The van der Waals surface area contributed by atoms with Crippen LogP contribution in [0.1, 0.15) is 5.69 Å². The first-order valence-corrected chi connectivity index (χ1v) is 3.39. The first-order valence-electron chi connectivity index (χ1n) is 3.39. The van der Waals surface area contributed by atoms with Gasteiger partial charge >= 0.3 is 0 Å². The molecule has 0 spiro atoms. The lowest BCUT2D eigenvalue weighted by Crippen LogP contribution is -2.28. The molecule has 0 aliphatic rings. The van der Waals surface area contributed by atoms with Gasteiger partial charge in [0.25, 0.3) is 0 Å². The molecule has 4 heteroatoms. The van der Waals surface area contributed by atoms with Gasteiger partial charge in [-0.3, -0.25) is 4.79 Å². The number of nitrogens with one attached hydrogen (secondary N) is 2. The summed E-state index contributed by atoms with van der Waals surface area (Å²) in [4.78, 5) is 17.0. The zero-order valence-electron chi connectivity index (χ0n) is 6.29. The molecule has 4 nitrogen and oxygen atoms in total. The van der Waals surface area contributed by atoms with Crippen LogP contribution < -0.4 is 5.32 Å². The topological polar surface area (TPSA) is 57.8 Å². The highest BCUT2D eigenvalue weighted by atomic mass is 16.1. The molecule has 2 N–H and O–H groups in total. The molecule has 0 amide bonds. The molecule has 0 aliphatic carbocycles. The Balaban J connectivity index is 2.47. The number of imidazole rings is 1. The molecule has 1 aromatic heterocycles. The molecular weight excluding hydrogens is 142 g/mol. The van der Waals surface area contributed by atoms with E-state index in [2.05, 4.69) is 15.3 Å². The molecule has 0 aromatic carbocycles. The fraction of sp³-hybridized carbons (Fsp3) is 0.429. The van der Waals surface area contributed by atoms with E-state index in [-0.39, 0.29) is 6.04 Å². The van der Waals surface area contributed by atoms with Gasteiger partial charge in [0.2, 0.25) is 6.29 Å². The number of hydrogen-bond donors (Lipinski definition) is 2. The van der Waals surface area contributed by atoms with Crippen molar-refractivity contribution in [2.75, 3.05) is 7.05 Å². The second kappa shape index (κ2) is 3.88. The van der Waals surface area contributed by atoms with Crippen molar-refractivity contribution in [1.82, 2.24) is 15.3 Å². The van der Waals surface area contributed by atoms with Crippen molar-refractivity contribution in [1.29, 1.82) is 0 Å². The van der Waals surface area contributed by atoms with Crippen molar-refractivity contribution in [3.63, 3.8) is 0 Å². The summed E-state index contributed by atoms with van der Waals surface area (Å²) in [6, 6.07) is -0.252. The SMILES string of the molecule is CN[C@H]([C]=O)Cc1c[nH]cn1. The van der Waals surface area contributed by atoms with Crippen LogP contribution in [-0.2, 0) is 11.2 Å². The Hall–Kier alpha value is -1.16. The van der Waals surface area contributed by atoms with Gasteiger partial charge in [-0.2, -0.15) is 0 Å². The Morgan fingerprint density at radius 1 is 1.91 bits per heavy atom. The Bertz CT molecular complexity index is 207. The summed E-state index contributed by atoms with van der Waals surface area (Å²) in [7, 11) is 1.72. The van der Waals surface area contributed by atoms with E-state index in [4.69, 9.17) is 0 Å². The highest BCUT2D eigenvalue weighted by Gasteiger charge is 2.06. The number of hydrogen-bond acceptors (Lipinski definition) is 3. The van der Waals surface area contributed by atoms with Crippen LogP contribution in [0.5, 0.6) is 0 Å². The van der Waals surface area contributed by atoms with Crippen LogP contribution >= 0.6 is 0 Å². The Morgan fingerprint density at radius 3 is 3.18 bits per heavy atom. The van der Waals surface area contributed by atoms with E-state index in [1.807, 2.05) is 6.29 Å². The molecule has 1 atom stereocenters. The fourth-order valence-electron chi connectivity index (χ4n) is 0.814. The highest BCUT2D eigenvalue weighted by Crippen LogP contribution is 1.94. The van der Waals surface area contributed by atoms with Gasteiger partial charge in [0.05, 0.1) is 18.1 Å². The normalized spacial score (nSPS) is 12.8. The predicted octanol–water partition coefficient (Wildman–Crippen LogP) is -0.350. The van der Waals surface area contributed by atoms with Crippen LogP contribution in [0.25, 0.3) is 0 Å². The van der Waals surface area contributed by atoms with Crippen molar-refractivity contribution in [2.45, 2.75) is 12.5 Å². The summed E-state index contributed by atoms with van der Waals surface area (Å²) in [5.41, 5.74) is 0.868. The average molecular weight is 152 g/mol. The molecule has 59 valence electrons. The molecule has 0 aliphatic heterocycles. The summed E-state index contributed by atoms with van der Waals surface area (Å²) >= 11 is 0. The van der Waals surface area contributed by atoms with Crippen LogP contribution in [0.4, 0.5) is 0 Å². The third-order valence-corrected chi connectivity index (χ3v) is 1.46. The zero-order chi connectivity index (χ0) is 8.10. The van der Waals surface area contributed by atoms with E-state index in [0.717, 1.165) is 5.69 Å². The fourth-order valence-corrected chi connectivity index (χ4v) is 0.814. The Kier molecular flexibility index (Phi) is 2.80. The first kappa shape index (κ1) is 7.94. The van der Waals surface area contributed by atoms with Crippen molar-refractivity contribution in [3.05, 3.63) is 18.2 Å². The first-order chi connectivity index (χ1) is 5.36. The molecular formula is C7H10N3O. The van der Waals surface area contributed by atoms with E-state index in [9.17, 15) is 4.79 Å². The van der Waals surface area contributed by atoms with Gasteiger partial charge in [-0.25, -0.2) is 4.98 Å². The molecule has 0 saturated carbocycles. The second-order valence-electron chi connectivity index (χ2n) is 2.22. The second-order valence-corrected chi connectivity index (χ2v) is 2.22. The quantitative estimate of drug-likeness (QED) is 0.620. The van der Waals surface area contributed by atoms with Crippen LogP contribution in [0, 0.1) is 0 Å². The number of aromatic nitrogens is 2. The molecule has 1 aromatic rings. The molecule has 1 rings (SSSR count). The highest BCUT2D eigenvalue weighted by molar-refractivity contribution is 5.58. The lowest BCUT2D eigenvalue weighted by atomic mass is 10.2. The lowest BCUT2D eigenvalue weighted by Gasteiger charge is -2.03. The standard InChI is InChI=1S/C7H10N3O/c1-8-7(4-11)2-6-3-9-5-10-6/h3,5,7-8H,2H2,1H3,(H,9,10)/t7-/m0/s1. The molecule has 1 radical (unpaired) electrons. The third kappa shape index (κ3) is 2.16. The van der Waals surface area contributed by atoms with Crippen LogP contribution in [-0.4, -0.2) is 29.3 Å². The largest absolute Gasteiger partial charge is 0.351 e. The van der Waals surface area contributed by atoms with E-state index in [1.54, 1.807) is 19.6 Å². The van der Waals surface area contributed by atoms with Crippen molar-refractivity contribution < 1.29 is 4.79 Å². The third-order valence-electron chi connectivity index (χ3n) is 1.46. The van der Waals surface area contributed by atoms with E-state index in [1.165, 1.54) is 0 Å². The number of rotatable bonds is 4. The smallest absolute Gasteiger partial charge is 0.217 e. The minimum Gasteiger partial charge on any atom is -0.351 e. The number of carbonyl (C=O) groups excluding carboxylic acids is 1. The number of nitrogens with zero attached hydrogens (tertiary/aromatic N) is 1. The number of H-pyrrole nitrogens is 1. The van der Waals surface area contributed by atoms with Crippen LogP contribution in [0.15, 0.2) is 12.5 Å². The molecule has 0 unspecified atom stereocenters. The summed E-state index contributed by atoms with van der Waals surface area (Å²) in [6.45, 7) is 0. The molecule has 11 heavy (non-hydrogen) atoms. The summed E-state index contributed by atoms with van der Waals surface area (Å²) < 4.78 is 0. The predicted molar refractivity (Wildman–Crippen MR) is 40.8 cm³/mol. The summed E-state index contributed by atoms with van der Waals surface area (Å²) in [5.74, 6) is 0. The minimum atomic E-state index is -0.252. The van der Waals surface area contributed by atoms with Crippen LogP contribution in [0.2, 0.25) is 0 Å². The van der Waals surface area contributed by atoms with Crippen molar-refractivity contribution >= 4 is 6.29 Å². The van der Waals surface area contributed by atoms with E-state index < -0.39 is 0 Å². The monoisotopic (exact) mass is 152 g/mol. The Labute approximate surface area is 65.0 Å². The van der Waals surface area contributed by atoms with Gasteiger partial charge < -0.3 is 10.3 Å².